The Morgan fingerprint density at radius 2 is 2.33 bits per heavy atom. The van der Waals surface area contributed by atoms with Crippen molar-refractivity contribution in [3.8, 4) is 0 Å². The molecule has 0 bridgehead atoms. The maximum absolute atomic E-state index is 3.78. The number of halogens is 1. The normalized spacial score (nSPS) is 26.2. The van der Waals surface area contributed by atoms with Gasteiger partial charge in [0.2, 0.25) is 0 Å². The van der Waals surface area contributed by atoms with Gasteiger partial charge in [-0.05, 0) is 65.0 Å². The molecule has 1 aliphatic rings. The number of nitrogens with one attached hydrogen (secondary N) is 1. The summed E-state index contributed by atoms with van der Waals surface area (Å²) in [7, 11) is 0. The van der Waals surface area contributed by atoms with E-state index in [1.807, 2.05) is 11.3 Å². The Hall–Kier alpha value is 0.140. The van der Waals surface area contributed by atoms with E-state index in [0.29, 0.717) is 6.04 Å². The van der Waals surface area contributed by atoms with Crippen molar-refractivity contribution in [3.63, 3.8) is 0 Å². The van der Waals surface area contributed by atoms with Crippen molar-refractivity contribution in [2.75, 3.05) is 6.54 Å². The lowest BCUT2D eigenvalue weighted by Gasteiger charge is -2.33. The Bertz CT molecular complexity index is 363. The first-order valence-corrected chi connectivity index (χ1v) is 8.86. The monoisotopic (exact) mass is 329 g/mol. The molecular weight excluding hydrogens is 306 g/mol. The third-order valence-corrected chi connectivity index (χ3v) is 5.94. The van der Waals surface area contributed by atoms with Gasteiger partial charge in [0, 0.05) is 15.4 Å². The number of hydrogen-bond donors (Lipinski definition) is 1. The summed E-state index contributed by atoms with van der Waals surface area (Å²) in [4.78, 5) is 1.50. The highest BCUT2D eigenvalue weighted by molar-refractivity contribution is 9.10. The summed E-state index contributed by atoms with van der Waals surface area (Å²) in [5.41, 5.74) is 0. The van der Waals surface area contributed by atoms with E-state index >= 15 is 0 Å². The van der Waals surface area contributed by atoms with Crippen LogP contribution in [0.5, 0.6) is 0 Å². The highest BCUT2D eigenvalue weighted by Gasteiger charge is 2.29. The lowest BCUT2D eigenvalue weighted by Crippen LogP contribution is -2.31. The highest BCUT2D eigenvalue weighted by Crippen LogP contribution is 2.41. The Balaban J connectivity index is 2.11. The minimum atomic E-state index is 0.557. The molecule has 1 nitrogen and oxygen atoms in total. The average molecular weight is 330 g/mol. The van der Waals surface area contributed by atoms with Gasteiger partial charge in [-0.15, -0.1) is 11.3 Å². The molecule has 3 unspecified atom stereocenters. The molecule has 0 spiro atoms. The van der Waals surface area contributed by atoms with Crippen LogP contribution in [0.1, 0.15) is 56.9 Å². The van der Waals surface area contributed by atoms with Crippen molar-refractivity contribution < 1.29 is 0 Å². The zero-order chi connectivity index (χ0) is 13.0. The van der Waals surface area contributed by atoms with Gasteiger partial charge >= 0.3 is 0 Å². The molecule has 1 aromatic heterocycles. The van der Waals surface area contributed by atoms with Crippen molar-refractivity contribution >= 4 is 27.3 Å². The van der Waals surface area contributed by atoms with Crippen molar-refractivity contribution in [1.82, 2.24) is 5.32 Å². The van der Waals surface area contributed by atoms with Gasteiger partial charge < -0.3 is 5.32 Å². The molecule has 1 N–H and O–H groups in total. The summed E-state index contributed by atoms with van der Waals surface area (Å²) < 4.78 is 1.29. The van der Waals surface area contributed by atoms with Crippen LogP contribution < -0.4 is 5.32 Å². The molecule has 2 rings (SSSR count). The van der Waals surface area contributed by atoms with Gasteiger partial charge in [-0.25, -0.2) is 0 Å². The number of thiophene rings is 1. The minimum absolute atomic E-state index is 0.557. The van der Waals surface area contributed by atoms with E-state index in [2.05, 4.69) is 46.5 Å². The fourth-order valence-electron chi connectivity index (χ4n) is 3.08. The summed E-state index contributed by atoms with van der Waals surface area (Å²) in [5, 5.41) is 5.98. The van der Waals surface area contributed by atoms with Gasteiger partial charge in [-0.2, -0.15) is 0 Å². The molecule has 0 aromatic carbocycles. The van der Waals surface area contributed by atoms with E-state index in [0.717, 1.165) is 18.4 Å². The largest absolute Gasteiger partial charge is 0.309 e. The standard InChI is InChI=1S/C15H24BrNS/c1-3-8-17-14(15-13(16)7-9-18-15)12-6-4-5-11(2)10-12/h7,9,11-12,14,17H,3-6,8,10H2,1-2H3. The van der Waals surface area contributed by atoms with Crippen molar-refractivity contribution in [2.24, 2.45) is 11.8 Å². The van der Waals surface area contributed by atoms with Gasteiger partial charge in [0.25, 0.3) is 0 Å². The van der Waals surface area contributed by atoms with Crippen LogP contribution in [0.25, 0.3) is 0 Å². The van der Waals surface area contributed by atoms with Gasteiger partial charge in [0.05, 0.1) is 0 Å². The summed E-state index contributed by atoms with van der Waals surface area (Å²) in [6.07, 6.45) is 6.80. The predicted octanol–water partition coefficient (Wildman–Crippen LogP) is 5.38. The van der Waals surface area contributed by atoms with Crippen LogP contribution in [0.4, 0.5) is 0 Å². The third-order valence-electron chi connectivity index (χ3n) is 3.99. The summed E-state index contributed by atoms with van der Waals surface area (Å²) in [6.45, 7) is 5.78. The Labute approximate surface area is 123 Å². The second-order valence-electron chi connectivity index (χ2n) is 5.60. The molecule has 3 heteroatoms. The number of rotatable bonds is 5. The molecular formula is C15H24BrNS. The summed E-state index contributed by atoms with van der Waals surface area (Å²) >= 11 is 5.60. The van der Waals surface area contributed by atoms with Gasteiger partial charge in [0.15, 0.2) is 0 Å². The van der Waals surface area contributed by atoms with E-state index in [1.54, 1.807) is 0 Å². The van der Waals surface area contributed by atoms with Crippen LogP contribution in [0.15, 0.2) is 15.9 Å². The highest BCUT2D eigenvalue weighted by atomic mass is 79.9. The number of hydrogen-bond acceptors (Lipinski definition) is 2. The molecule has 1 aliphatic carbocycles. The van der Waals surface area contributed by atoms with Crippen LogP contribution in [0.2, 0.25) is 0 Å². The quantitative estimate of drug-likeness (QED) is 0.764. The Kier molecular flexibility index (Phi) is 5.71. The van der Waals surface area contributed by atoms with E-state index in [-0.39, 0.29) is 0 Å². The molecule has 3 atom stereocenters. The Morgan fingerprint density at radius 3 is 2.94 bits per heavy atom. The summed E-state index contributed by atoms with van der Waals surface area (Å²) in [6, 6.07) is 2.74. The molecule has 0 amide bonds. The van der Waals surface area contributed by atoms with Crippen LogP contribution in [-0.2, 0) is 0 Å². The van der Waals surface area contributed by atoms with Gasteiger partial charge in [-0.3, -0.25) is 0 Å². The molecule has 1 fully saturated rings. The fraction of sp³-hybridized carbons (Fsp3) is 0.733. The van der Waals surface area contributed by atoms with E-state index < -0.39 is 0 Å². The predicted molar refractivity (Wildman–Crippen MR) is 84.2 cm³/mol. The maximum Gasteiger partial charge on any atom is 0.0454 e. The maximum atomic E-state index is 3.78. The molecule has 1 saturated carbocycles. The molecule has 0 saturated heterocycles. The zero-order valence-electron chi connectivity index (χ0n) is 11.4. The topological polar surface area (TPSA) is 12.0 Å². The fourth-order valence-corrected chi connectivity index (χ4v) is 4.87. The van der Waals surface area contributed by atoms with Crippen LogP contribution in [0, 0.1) is 11.8 Å². The molecule has 1 heterocycles. The smallest absolute Gasteiger partial charge is 0.0454 e. The lowest BCUT2D eigenvalue weighted by molar-refractivity contribution is 0.225. The van der Waals surface area contributed by atoms with E-state index in [9.17, 15) is 0 Å². The average Bonchev–Trinajstić information content (AvgIpc) is 2.77. The first-order valence-electron chi connectivity index (χ1n) is 7.18. The van der Waals surface area contributed by atoms with Crippen LogP contribution in [-0.4, -0.2) is 6.54 Å². The molecule has 18 heavy (non-hydrogen) atoms. The minimum Gasteiger partial charge on any atom is -0.309 e. The van der Waals surface area contributed by atoms with Crippen molar-refractivity contribution in [3.05, 3.63) is 20.8 Å². The van der Waals surface area contributed by atoms with Crippen molar-refractivity contribution in [1.29, 1.82) is 0 Å². The second kappa shape index (κ2) is 7.06. The summed E-state index contributed by atoms with van der Waals surface area (Å²) in [5.74, 6) is 1.71. The first kappa shape index (κ1) is 14.5. The van der Waals surface area contributed by atoms with Crippen LogP contribution in [0.3, 0.4) is 0 Å². The van der Waals surface area contributed by atoms with Gasteiger partial charge in [0.1, 0.15) is 0 Å². The first-order chi connectivity index (χ1) is 8.72. The lowest BCUT2D eigenvalue weighted by atomic mass is 9.78. The van der Waals surface area contributed by atoms with Gasteiger partial charge in [-0.1, -0.05) is 26.7 Å². The van der Waals surface area contributed by atoms with Crippen molar-refractivity contribution in [2.45, 2.75) is 52.0 Å². The van der Waals surface area contributed by atoms with Crippen LogP contribution >= 0.6 is 27.3 Å². The van der Waals surface area contributed by atoms with E-state index in [1.165, 1.54) is 41.5 Å². The molecule has 1 aromatic rings. The molecule has 0 radical (unpaired) electrons. The SMILES string of the molecule is CCCNC(c1sccc1Br)C1CCCC(C)C1. The van der Waals surface area contributed by atoms with E-state index in [4.69, 9.17) is 0 Å². The molecule has 102 valence electrons. The third kappa shape index (κ3) is 3.58. The zero-order valence-corrected chi connectivity index (χ0v) is 13.8. The second-order valence-corrected chi connectivity index (χ2v) is 7.40. The molecule has 0 aliphatic heterocycles. The Morgan fingerprint density at radius 1 is 1.50 bits per heavy atom.